The molecule has 1 saturated heterocycles. The third-order valence-corrected chi connectivity index (χ3v) is 9.82. The van der Waals surface area contributed by atoms with Crippen LogP contribution in [0.4, 0.5) is 11.4 Å². The van der Waals surface area contributed by atoms with Crippen molar-refractivity contribution in [2.45, 2.75) is 31.1 Å². The lowest BCUT2D eigenvalue weighted by Crippen LogP contribution is -2.40. The van der Waals surface area contributed by atoms with E-state index in [4.69, 9.17) is 4.74 Å². The molecular formula is C23H29N3O6S2. The molecule has 2 aromatic carbocycles. The molecule has 2 aliphatic heterocycles. The van der Waals surface area contributed by atoms with Crippen LogP contribution in [0, 0.1) is 0 Å². The number of benzene rings is 2. The van der Waals surface area contributed by atoms with Crippen LogP contribution in [0.5, 0.6) is 0 Å². The summed E-state index contributed by atoms with van der Waals surface area (Å²) in [6, 6.07) is 11.1. The molecule has 184 valence electrons. The highest BCUT2D eigenvalue weighted by molar-refractivity contribution is 7.92. The molecule has 0 bridgehead atoms. The monoisotopic (exact) mass is 507 g/mol. The summed E-state index contributed by atoms with van der Waals surface area (Å²) in [5.74, 6) is -0.274. The van der Waals surface area contributed by atoms with Crippen LogP contribution in [-0.4, -0.2) is 65.6 Å². The number of fused-ring (bicyclic) bond motifs is 1. The molecule has 34 heavy (non-hydrogen) atoms. The van der Waals surface area contributed by atoms with E-state index in [1.54, 1.807) is 18.2 Å². The smallest absolute Gasteiger partial charge is 0.255 e. The molecule has 0 aliphatic carbocycles. The molecule has 1 fully saturated rings. The highest BCUT2D eigenvalue weighted by atomic mass is 32.2. The number of ether oxygens (including phenoxy) is 1. The van der Waals surface area contributed by atoms with Gasteiger partial charge < -0.3 is 10.1 Å². The molecule has 4 rings (SSSR count). The molecular weight excluding hydrogens is 478 g/mol. The number of carbonyl (C=O) groups is 1. The second-order valence-corrected chi connectivity index (χ2v) is 12.3. The fourth-order valence-corrected chi connectivity index (χ4v) is 7.24. The van der Waals surface area contributed by atoms with E-state index in [9.17, 15) is 21.6 Å². The predicted molar refractivity (Wildman–Crippen MR) is 130 cm³/mol. The molecule has 9 nitrogen and oxygen atoms in total. The van der Waals surface area contributed by atoms with Gasteiger partial charge in [-0.1, -0.05) is 6.92 Å². The lowest BCUT2D eigenvalue weighted by molar-refractivity contribution is 0.0730. The van der Waals surface area contributed by atoms with Crippen molar-refractivity contribution in [1.82, 2.24) is 4.31 Å². The van der Waals surface area contributed by atoms with Crippen molar-refractivity contribution in [3.8, 4) is 0 Å². The normalized spacial score (nSPS) is 17.3. The number of hydrogen-bond acceptors (Lipinski definition) is 6. The van der Waals surface area contributed by atoms with E-state index in [-0.39, 0.29) is 16.6 Å². The van der Waals surface area contributed by atoms with Gasteiger partial charge in [0.05, 0.1) is 29.5 Å². The third-order valence-electron chi connectivity index (χ3n) is 5.94. The molecule has 0 spiro atoms. The average molecular weight is 508 g/mol. The second kappa shape index (κ2) is 10.0. The van der Waals surface area contributed by atoms with Crippen molar-refractivity contribution in [3.05, 3.63) is 53.6 Å². The van der Waals surface area contributed by atoms with Gasteiger partial charge in [0.2, 0.25) is 20.0 Å². The zero-order valence-electron chi connectivity index (χ0n) is 19.1. The van der Waals surface area contributed by atoms with Crippen LogP contribution in [0.2, 0.25) is 0 Å². The molecule has 2 aliphatic rings. The summed E-state index contributed by atoms with van der Waals surface area (Å²) in [4.78, 5) is 12.9. The van der Waals surface area contributed by atoms with E-state index in [0.29, 0.717) is 62.6 Å². The first-order chi connectivity index (χ1) is 16.2. The van der Waals surface area contributed by atoms with E-state index >= 15 is 0 Å². The van der Waals surface area contributed by atoms with Crippen molar-refractivity contribution >= 4 is 37.3 Å². The Labute approximate surface area is 200 Å². The van der Waals surface area contributed by atoms with Gasteiger partial charge in [-0.3, -0.25) is 9.10 Å². The van der Waals surface area contributed by atoms with E-state index < -0.39 is 20.0 Å². The Kier molecular flexibility index (Phi) is 7.27. The summed E-state index contributed by atoms with van der Waals surface area (Å²) in [5, 5.41) is 2.83. The van der Waals surface area contributed by atoms with E-state index in [1.807, 2.05) is 6.92 Å². The van der Waals surface area contributed by atoms with Gasteiger partial charge in [-0.25, -0.2) is 16.8 Å². The number of anilines is 2. The van der Waals surface area contributed by atoms with E-state index in [2.05, 4.69) is 5.32 Å². The number of sulfonamides is 2. The summed E-state index contributed by atoms with van der Waals surface area (Å²) in [6.45, 7) is 3.64. The first kappa shape index (κ1) is 24.6. The van der Waals surface area contributed by atoms with Crippen molar-refractivity contribution in [1.29, 1.82) is 0 Å². The Morgan fingerprint density at radius 3 is 2.38 bits per heavy atom. The van der Waals surface area contributed by atoms with Crippen molar-refractivity contribution < 1.29 is 26.4 Å². The molecule has 0 radical (unpaired) electrons. The Morgan fingerprint density at radius 1 is 1.00 bits per heavy atom. The minimum Gasteiger partial charge on any atom is -0.379 e. The number of amides is 1. The number of morpholine rings is 1. The van der Waals surface area contributed by atoms with Crippen LogP contribution in [0.3, 0.4) is 0 Å². The first-order valence-corrected chi connectivity index (χ1v) is 14.4. The van der Waals surface area contributed by atoms with Crippen LogP contribution >= 0.6 is 0 Å². The summed E-state index contributed by atoms with van der Waals surface area (Å²) in [5.41, 5.74) is 2.42. The van der Waals surface area contributed by atoms with Crippen LogP contribution in [0.25, 0.3) is 0 Å². The van der Waals surface area contributed by atoms with Gasteiger partial charge in [-0.15, -0.1) is 0 Å². The summed E-state index contributed by atoms with van der Waals surface area (Å²) < 4.78 is 58.8. The number of carbonyl (C=O) groups excluding carboxylic acids is 1. The molecule has 0 aromatic heterocycles. The second-order valence-electron chi connectivity index (χ2n) is 8.33. The van der Waals surface area contributed by atoms with Gasteiger partial charge in [0.15, 0.2) is 0 Å². The number of rotatable bonds is 7. The molecule has 0 unspecified atom stereocenters. The minimum absolute atomic E-state index is 0.0994. The Hall–Kier alpha value is -2.47. The van der Waals surface area contributed by atoms with Crippen molar-refractivity contribution in [2.75, 3.05) is 48.2 Å². The van der Waals surface area contributed by atoms with Crippen molar-refractivity contribution in [2.24, 2.45) is 0 Å². The molecule has 2 aromatic rings. The Morgan fingerprint density at radius 2 is 1.71 bits per heavy atom. The van der Waals surface area contributed by atoms with Crippen LogP contribution < -0.4 is 9.62 Å². The maximum atomic E-state index is 12.8. The first-order valence-electron chi connectivity index (χ1n) is 11.3. The van der Waals surface area contributed by atoms with E-state index in [0.717, 1.165) is 12.0 Å². The van der Waals surface area contributed by atoms with Crippen molar-refractivity contribution in [3.63, 3.8) is 0 Å². The quantitative estimate of drug-likeness (QED) is 0.616. The highest BCUT2D eigenvalue weighted by Gasteiger charge is 2.28. The molecule has 1 N–H and O–H groups in total. The molecule has 1 amide bonds. The lowest BCUT2D eigenvalue weighted by atomic mass is 10.0. The largest absolute Gasteiger partial charge is 0.379 e. The Balaban J connectivity index is 1.48. The van der Waals surface area contributed by atoms with Gasteiger partial charge in [-0.2, -0.15) is 4.31 Å². The number of nitrogens with one attached hydrogen (secondary N) is 1. The maximum absolute atomic E-state index is 12.8. The Bertz CT molecular complexity index is 1250. The van der Waals surface area contributed by atoms with Gasteiger partial charge in [0.1, 0.15) is 0 Å². The fraction of sp³-hybridized carbons (Fsp3) is 0.435. The zero-order chi connectivity index (χ0) is 24.3. The number of nitrogens with zero attached hydrogens (tertiary/aromatic N) is 2. The highest BCUT2D eigenvalue weighted by Crippen LogP contribution is 2.32. The predicted octanol–water partition coefficient (Wildman–Crippen LogP) is 2.45. The average Bonchev–Trinajstić information content (AvgIpc) is 2.84. The zero-order valence-corrected chi connectivity index (χ0v) is 20.7. The SMILES string of the molecule is CCCS(=O)(=O)N1CCCc2cc(NC(=O)c3ccc(S(=O)(=O)N4CCOCC4)cc3)ccc21. The number of aryl methyl sites for hydroxylation is 1. The standard InChI is InChI=1S/C23H29N3O6S2/c1-2-16-33(28,29)26-11-3-4-19-17-20(7-10-22(19)26)24-23(27)18-5-8-21(9-6-18)34(30,31)25-12-14-32-15-13-25/h5-10,17H,2-4,11-16H2,1H3,(H,24,27). The molecule has 0 saturated carbocycles. The van der Waals surface area contributed by atoms with Crippen LogP contribution in [-0.2, 0) is 31.2 Å². The molecule has 0 atom stereocenters. The van der Waals surface area contributed by atoms with Crippen LogP contribution in [0.1, 0.15) is 35.7 Å². The van der Waals surface area contributed by atoms with Gasteiger partial charge in [-0.05, 0) is 67.3 Å². The summed E-state index contributed by atoms with van der Waals surface area (Å²) in [6.07, 6.45) is 1.99. The number of hydrogen-bond donors (Lipinski definition) is 1. The van der Waals surface area contributed by atoms with Gasteiger partial charge >= 0.3 is 0 Å². The van der Waals surface area contributed by atoms with Crippen LogP contribution in [0.15, 0.2) is 47.4 Å². The maximum Gasteiger partial charge on any atom is 0.255 e. The van der Waals surface area contributed by atoms with E-state index in [1.165, 1.54) is 32.9 Å². The fourth-order valence-electron chi connectivity index (χ4n) is 4.22. The summed E-state index contributed by atoms with van der Waals surface area (Å²) >= 11 is 0. The van der Waals surface area contributed by atoms with Gasteiger partial charge in [0, 0.05) is 30.9 Å². The summed E-state index contributed by atoms with van der Waals surface area (Å²) in [7, 11) is -6.99. The van der Waals surface area contributed by atoms with Gasteiger partial charge in [0.25, 0.3) is 5.91 Å². The minimum atomic E-state index is -3.63. The molecule has 11 heteroatoms. The lowest BCUT2D eigenvalue weighted by Gasteiger charge is -2.30. The third kappa shape index (κ3) is 5.12. The topological polar surface area (TPSA) is 113 Å². The molecule has 2 heterocycles.